The second-order valence-corrected chi connectivity index (χ2v) is 6.50. The summed E-state index contributed by atoms with van der Waals surface area (Å²) < 4.78 is 5.87. The molecule has 140 valence electrons. The molecular weight excluding hydrogens is 348 g/mol. The number of carbonyl (C=O) groups is 1. The molecule has 1 heterocycles. The van der Waals surface area contributed by atoms with Crippen molar-refractivity contribution in [3.05, 3.63) is 65.7 Å². The van der Waals surface area contributed by atoms with E-state index in [0.717, 1.165) is 43.7 Å². The third kappa shape index (κ3) is 5.48. The van der Waals surface area contributed by atoms with Gasteiger partial charge in [0.25, 0.3) is 5.91 Å². The normalized spacial score (nSPS) is 14.6. The average Bonchev–Trinajstić information content (AvgIpc) is 2.68. The van der Waals surface area contributed by atoms with Gasteiger partial charge >= 0.3 is 0 Å². The summed E-state index contributed by atoms with van der Waals surface area (Å²) in [4.78, 5) is 14.3. The van der Waals surface area contributed by atoms with Gasteiger partial charge in [0.2, 0.25) is 0 Å². The second-order valence-electron chi connectivity index (χ2n) is 6.50. The molecule has 1 saturated heterocycles. The van der Waals surface area contributed by atoms with Crippen LogP contribution in [0.15, 0.2) is 54.6 Å². The summed E-state index contributed by atoms with van der Waals surface area (Å²) in [7, 11) is 1.98. The summed E-state index contributed by atoms with van der Waals surface area (Å²) in [5.74, 6) is 0.869. The van der Waals surface area contributed by atoms with E-state index in [0.29, 0.717) is 6.04 Å². The van der Waals surface area contributed by atoms with Crippen molar-refractivity contribution in [2.24, 2.45) is 0 Å². The van der Waals surface area contributed by atoms with Gasteiger partial charge in [-0.15, -0.1) is 12.4 Å². The molecular formula is C21H27ClN2O2. The van der Waals surface area contributed by atoms with Crippen LogP contribution in [0.2, 0.25) is 0 Å². The Labute approximate surface area is 162 Å². The van der Waals surface area contributed by atoms with Gasteiger partial charge in [0.05, 0.1) is 0 Å². The van der Waals surface area contributed by atoms with Crippen LogP contribution in [-0.4, -0.2) is 43.6 Å². The predicted molar refractivity (Wildman–Crippen MR) is 107 cm³/mol. The Morgan fingerprint density at radius 3 is 2.42 bits per heavy atom. The lowest BCUT2D eigenvalue weighted by Gasteiger charge is -2.31. The zero-order valence-corrected chi connectivity index (χ0v) is 16.0. The number of piperidine rings is 1. The standard InChI is InChI=1S/C21H26N2O2.ClH/c1-22-19-11-13-23(14-12-19)21(24)16-25-20-10-6-5-9-18(20)15-17-7-3-2-4-8-17;/h2-10,19,22H,11-16H2,1H3;1H. The Morgan fingerprint density at radius 2 is 1.73 bits per heavy atom. The molecule has 2 aromatic carbocycles. The molecule has 0 unspecified atom stereocenters. The van der Waals surface area contributed by atoms with Gasteiger partial charge in [0.15, 0.2) is 6.61 Å². The summed E-state index contributed by atoms with van der Waals surface area (Å²) in [5.41, 5.74) is 2.34. The zero-order valence-electron chi connectivity index (χ0n) is 15.2. The molecule has 0 aliphatic carbocycles. The summed E-state index contributed by atoms with van der Waals surface area (Å²) in [6.07, 6.45) is 2.82. The summed E-state index contributed by atoms with van der Waals surface area (Å²) in [5, 5.41) is 3.28. The van der Waals surface area contributed by atoms with Crippen molar-refractivity contribution in [2.45, 2.75) is 25.3 Å². The fraction of sp³-hybridized carbons (Fsp3) is 0.381. The van der Waals surface area contributed by atoms with Gasteiger partial charge in [-0.3, -0.25) is 4.79 Å². The third-order valence-corrected chi connectivity index (χ3v) is 4.82. The van der Waals surface area contributed by atoms with Crippen molar-refractivity contribution in [1.29, 1.82) is 0 Å². The summed E-state index contributed by atoms with van der Waals surface area (Å²) in [6, 6.07) is 18.8. The molecule has 0 spiro atoms. The van der Waals surface area contributed by atoms with E-state index in [1.54, 1.807) is 0 Å². The maximum atomic E-state index is 12.4. The minimum absolute atomic E-state index is 0. The minimum atomic E-state index is 0. The Morgan fingerprint density at radius 1 is 1.08 bits per heavy atom. The van der Waals surface area contributed by atoms with Crippen LogP contribution in [0.3, 0.4) is 0 Å². The number of para-hydroxylation sites is 1. The Hall–Kier alpha value is -2.04. The topological polar surface area (TPSA) is 41.6 Å². The first kappa shape index (κ1) is 20.3. The Bertz CT molecular complexity index is 685. The zero-order chi connectivity index (χ0) is 17.5. The molecule has 4 nitrogen and oxygen atoms in total. The monoisotopic (exact) mass is 374 g/mol. The minimum Gasteiger partial charge on any atom is -0.483 e. The molecule has 0 saturated carbocycles. The SMILES string of the molecule is CNC1CCN(C(=O)COc2ccccc2Cc2ccccc2)CC1.Cl. The lowest BCUT2D eigenvalue weighted by atomic mass is 10.0. The molecule has 26 heavy (non-hydrogen) atoms. The molecule has 5 heteroatoms. The van der Waals surface area contributed by atoms with Gasteiger partial charge in [-0.05, 0) is 37.1 Å². The van der Waals surface area contributed by atoms with Crippen molar-refractivity contribution in [3.8, 4) is 5.75 Å². The fourth-order valence-electron chi connectivity index (χ4n) is 3.25. The van der Waals surface area contributed by atoms with Gasteiger partial charge in [-0.1, -0.05) is 48.5 Å². The molecule has 0 radical (unpaired) electrons. The number of halogens is 1. The van der Waals surface area contributed by atoms with E-state index < -0.39 is 0 Å². The number of amides is 1. The molecule has 1 amide bonds. The van der Waals surface area contributed by atoms with Gasteiger partial charge in [0, 0.05) is 25.6 Å². The highest BCUT2D eigenvalue weighted by Gasteiger charge is 2.22. The van der Waals surface area contributed by atoms with Crippen LogP contribution in [0.4, 0.5) is 0 Å². The first-order chi connectivity index (χ1) is 12.3. The highest BCUT2D eigenvalue weighted by molar-refractivity contribution is 5.85. The number of rotatable bonds is 6. The maximum Gasteiger partial charge on any atom is 0.260 e. The third-order valence-electron chi connectivity index (χ3n) is 4.82. The van der Waals surface area contributed by atoms with Crippen molar-refractivity contribution in [1.82, 2.24) is 10.2 Å². The lowest BCUT2D eigenvalue weighted by Crippen LogP contribution is -2.45. The lowest BCUT2D eigenvalue weighted by molar-refractivity contribution is -0.134. The number of benzene rings is 2. The predicted octanol–water partition coefficient (Wildman–Crippen LogP) is 3.29. The number of nitrogens with one attached hydrogen (secondary N) is 1. The number of hydrogen-bond acceptors (Lipinski definition) is 3. The molecule has 1 aliphatic rings. The number of likely N-dealkylation sites (tertiary alicyclic amines) is 1. The average molecular weight is 375 g/mol. The van der Waals surface area contributed by atoms with E-state index in [9.17, 15) is 4.79 Å². The molecule has 3 rings (SSSR count). The van der Waals surface area contributed by atoms with Crippen molar-refractivity contribution >= 4 is 18.3 Å². The smallest absolute Gasteiger partial charge is 0.260 e. The van der Waals surface area contributed by atoms with Crippen LogP contribution >= 0.6 is 12.4 Å². The van der Waals surface area contributed by atoms with E-state index in [1.807, 2.05) is 48.3 Å². The summed E-state index contributed by atoms with van der Waals surface area (Å²) >= 11 is 0. The summed E-state index contributed by atoms with van der Waals surface area (Å²) in [6.45, 7) is 1.72. The van der Waals surface area contributed by atoms with Gasteiger partial charge in [0.1, 0.15) is 5.75 Å². The second kappa shape index (κ2) is 10.2. The first-order valence-electron chi connectivity index (χ1n) is 8.96. The Kier molecular flexibility index (Phi) is 7.95. The van der Waals surface area contributed by atoms with E-state index in [-0.39, 0.29) is 24.9 Å². The first-order valence-corrected chi connectivity index (χ1v) is 8.96. The number of carbonyl (C=O) groups excluding carboxylic acids is 1. The van der Waals surface area contributed by atoms with E-state index in [4.69, 9.17) is 4.74 Å². The molecule has 1 fully saturated rings. The highest BCUT2D eigenvalue weighted by Crippen LogP contribution is 2.21. The molecule has 1 N–H and O–H groups in total. The number of ether oxygens (including phenoxy) is 1. The molecule has 0 aromatic heterocycles. The molecule has 2 aromatic rings. The van der Waals surface area contributed by atoms with Gasteiger partial charge in [-0.25, -0.2) is 0 Å². The van der Waals surface area contributed by atoms with Crippen LogP contribution in [0, 0.1) is 0 Å². The number of nitrogens with zero attached hydrogens (tertiary/aromatic N) is 1. The van der Waals surface area contributed by atoms with Gasteiger partial charge < -0.3 is 15.0 Å². The van der Waals surface area contributed by atoms with E-state index in [1.165, 1.54) is 5.56 Å². The molecule has 1 aliphatic heterocycles. The fourth-order valence-corrected chi connectivity index (χ4v) is 3.25. The Balaban J connectivity index is 0.00000243. The largest absolute Gasteiger partial charge is 0.483 e. The number of hydrogen-bond donors (Lipinski definition) is 1. The van der Waals surface area contributed by atoms with Crippen LogP contribution in [0.5, 0.6) is 5.75 Å². The quantitative estimate of drug-likeness (QED) is 0.843. The van der Waals surface area contributed by atoms with Crippen molar-refractivity contribution in [2.75, 3.05) is 26.7 Å². The maximum absolute atomic E-state index is 12.4. The van der Waals surface area contributed by atoms with E-state index >= 15 is 0 Å². The van der Waals surface area contributed by atoms with Crippen molar-refractivity contribution < 1.29 is 9.53 Å². The van der Waals surface area contributed by atoms with Gasteiger partial charge in [-0.2, -0.15) is 0 Å². The van der Waals surface area contributed by atoms with E-state index in [2.05, 4.69) is 23.5 Å². The molecule has 0 bridgehead atoms. The molecule has 0 atom stereocenters. The van der Waals surface area contributed by atoms with Crippen LogP contribution in [0.1, 0.15) is 24.0 Å². The van der Waals surface area contributed by atoms with Crippen molar-refractivity contribution in [3.63, 3.8) is 0 Å². The van der Waals surface area contributed by atoms with Crippen LogP contribution in [-0.2, 0) is 11.2 Å². The van der Waals surface area contributed by atoms with Crippen LogP contribution < -0.4 is 10.1 Å². The highest BCUT2D eigenvalue weighted by atomic mass is 35.5. The van der Waals surface area contributed by atoms with Crippen LogP contribution in [0.25, 0.3) is 0 Å².